The van der Waals surface area contributed by atoms with Crippen LogP contribution >= 0.6 is 12.2 Å². The van der Waals surface area contributed by atoms with Crippen LogP contribution < -0.4 is 10.5 Å². The summed E-state index contributed by atoms with van der Waals surface area (Å²) in [4.78, 5) is 4.31. The van der Waals surface area contributed by atoms with Gasteiger partial charge in [-0.2, -0.15) is 0 Å². The van der Waals surface area contributed by atoms with Crippen molar-refractivity contribution in [3.8, 4) is 5.88 Å². The van der Waals surface area contributed by atoms with E-state index in [1.54, 1.807) is 30.5 Å². The number of aryl methyl sites for hydroxylation is 1. The SMILES string of the molecule is Cc1ccnc(OCc2ccccc2F)c1C(N)=S. The van der Waals surface area contributed by atoms with Crippen LogP contribution in [0.2, 0.25) is 0 Å². The molecule has 0 unspecified atom stereocenters. The molecule has 0 fully saturated rings. The number of pyridine rings is 1. The Kier molecular flexibility index (Phi) is 4.06. The van der Waals surface area contributed by atoms with Crippen molar-refractivity contribution in [2.24, 2.45) is 5.73 Å². The number of aromatic nitrogens is 1. The quantitative estimate of drug-likeness (QED) is 0.872. The number of nitrogens with two attached hydrogens (primary N) is 1. The van der Waals surface area contributed by atoms with Crippen molar-refractivity contribution in [3.05, 3.63) is 59.0 Å². The zero-order valence-electron chi connectivity index (χ0n) is 10.4. The minimum atomic E-state index is -0.313. The Balaban J connectivity index is 2.23. The summed E-state index contributed by atoms with van der Waals surface area (Å²) in [7, 11) is 0. The van der Waals surface area contributed by atoms with E-state index in [0.29, 0.717) is 17.0 Å². The first kappa shape index (κ1) is 13.4. The summed E-state index contributed by atoms with van der Waals surface area (Å²) in [6.07, 6.45) is 1.60. The number of thiocarbonyl (C=S) groups is 1. The lowest BCUT2D eigenvalue weighted by atomic mass is 10.1. The molecule has 98 valence electrons. The summed E-state index contributed by atoms with van der Waals surface area (Å²) in [6, 6.07) is 8.22. The van der Waals surface area contributed by atoms with E-state index in [4.69, 9.17) is 22.7 Å². The summed E-state index contributed by atoms with van der Waals surface area (Å²) in [5, 5.41) is 0. The molecule has 2 N–H and O–H groups in total. The van der Waals surface area contributed by atoms with Crippen molar-refractivity contribution in [1.82, 2.24) is 4.98 Å². The average molecular weight is 276 g/mol. The molecule has 5 heteroatoms. The van der Waals surface area contributed by atoms with Crippen molar-refractivity contribution in [2.75, 3.05) is 0 Å². The van der Waals surface area contributed by atoms with Crippen molar-refractivity contribution in [3.63, 3.8) is 0 Å². The summed E-state index contributed by atoms with van der Waals surface area (Å²) in [6.45, 7) is 1.95. The fourth-order valence-electron chi connectivity index (χ4n) is 1.70. The monoisotopic (exact) mass is 276 g/mol. The van der Waals surface area contributed by atoms with Gasteiger partial charge in [-0.05, 0) is 24.6 Å². The number of ether oxygens (including phenoxy) is 1. The van der Waals surface area contributed by atoms with Crippen LogP contribution in [-0.2, 0) is 6.61 Å². The van der Waals surface area contributed by atoms with Crippen LogP contribution in [0.15, 0.2) is 36.5 Å². The van der Waals surface area contributed by atoms with E-state index >= 15 is 0 Å². The second-order valence-electron chi connectivity index (χ2n) is 4.05. The molecule has 0 bridgehead atoms. The molecule has 2 rings (SSSR count). The molecular formula is C14H13FN2OS. The molecule has 3 nitrogen and oxygen atoms in total. The van der Waals surface area contributed by atoms with Gasteiger partial charge in [0, 0.05) is 11.8 Å². The van der Waals surface area contributed by atoms with Gasteiger partial charge < -0.3 is 10.5 Å². The normalized spacial score (nSPS) is 10.2. The molecule has 1 aromatic heterocycles. The second-order valence-corrected chi connectivity index (χ2v) is 4.49. The van der Waals surface area contributed by atoms with E-state index in [1.807, 2.05) is 6.92 Å². The molecule has 0 atom stereocenters. The van der Waals surface area contributed by atoms with Gasteiger partial charge in [0.15, 0.2) is 0 Å². The van der Waals surface area contributed by atoms with Crippen LogP contribution in [0.25, 0.3) is 0 Å². The van der Waals surface area contributed by atoms with Crippen LogP contribution in [0, 0.1) is 12.7 Å². The van der Waals surface area contributed by atoms with Crippen LogP contribution in [0.4, 0.5) is 4.39 Å². The van der Waals surface area contributed by atoms with Crippen LogP contribution in [0.3, 0.4) is 0 Å². The van der Waals surface area contributed by atoms with E-state index in [9.17, 15) is 4.39 Å². The highest BCUT2D eigenvalue weighted by atomic mass is 32.1. The highest BCUT2D eigenvalue weighted by molar-refractivity contribution is 7.80. The van der Waals surface area contributed by atoms with Gasteiger partial charge in [-0.15, -0.1) is 0 Å². The van der Waals surface area contributed by atoms with Gasteiger partial charge in [-0.25, -0.2) is 9.37 Å². The van der Waals surface area contributed by atoms with E-state index in [1.165, 1.54) is 6.07 Å². The topological polar surface area (TPSA) is 48.1 Å². The Morgan fingerprint density at radius 3 is 2.79 bits per heavy atom. The molecule has 0 saturated carbocycles. The maximum atomic E-state index is 13.5. The molecule has 0 spiro atoms. The minimum Gasteiger partial charge on any atom is -0.472 e. The number of rotatable bonds is 4. The smallest absolute Gasteiger partial charge is 0.224 e. The minimum absolute atomic E-state index is 0.0821. The third-order valence-electron chi connectivity index (χ3n) is 2.69. The zero-order chi connectivity index (χ0) is 13.8. The molecule has 0 amide bonds. The van der Waals surface area contributed by atoms with Gasteiger partial charge in [0.1, 0.15) is 17.4 Å². The molecule has 0 aliphatic carbocycles. The van der Waals surface area contributed by atoms with Crippen molar-refractivity contribution in [2.45, 2.75) is 13.5 Å². The lowest BCUT2D eigenvalue weighted by Gasteiger charge is -2.11. The predicted molar refractivity (Wildman–Crippen MR) is 75.6 cm³/mol. The highest BCUT2D eigenvalue weighted by Crippen LogP contribution is 2.20. The van der Waals surface area contributed by atoms with Gasteiger partial charge in [0.2, 0.25) is 5.88 Å². The summed E-state index contributed by atoms with van der Waals surface area (Å²) < 4.78 is 19.0. The Morgan fingerprint density at radius 1 is 1.37 bits per heavy atom. The van der Waals surface area contributed by atoms with E-state index in [0.717, 1.165) is 5.56 Å². The lowest BCUT2D eigenvalue weighted by molar-refractivity contribution is 0.287. The Morgan fingerprint density at radius 2 is 2.11 bits per heavy atom. The van der Waals surface area contributed by atoms with Crippen molar-refractivity contribution < 1.29 is 9.13 Å². The van der Waals surface area contributed by atoms with Gasteiger partial charge >= 0.3 is 0 Å². The molecule has 0 radical (unpaired) electrons. The van der Waals surface area contributed by atoms with Crippen molar-refractivity contribution in [1.29, 1.82) is 0 Å². The third kappa shape index (κ3) is 3.06. The number of hydrogen-bond acceptors (Lipinski definition) is 3. The average Bonchev–Trinajstić information content (AvgIpc) is 2.37. The number of hydrogen-bond donors (Lipinski definition) is 1. The van der Waals surface area contributed by atoms with E-state index in [2.05, 4.69) is 4.98 Å². The lowest BCUT2D eigenvalue weighted by Crippen LogP contribution is -2.14. The first-order valence-corrected chi connectivity index (χ1v) is 6.12. The molecule has 2 aromatic rings. The molecule has 1 aromatic carbocycles. The second kappa shape index (κ2) is 5.75. The molecule has 0 aliphatic heterocycles. The first-order valence-electron chi connectivity index (χ1n) is 5.71. The van der Waals surface area contributed by atoms with Gasteiger partial charge in [-0.3, -0.25) is 0 Å². The number of nitrogens with zero attached hydrogens (tertiary/aromatic N) is 1. The standard InChI is InChI=1S/C14H13FN2OS/c1-9-6-7-17-14(12(9)13(16)19)18-8-10-4-2-3-5-11(10)15/h2-7H,8H2,1H3,(H2,16,19). The largest absolute Gasteiger partial charge is 0.472 e. The van der Waals surface area contributed by atoms with Crippen LogP contribution in [0.5, 0.6) is 5.88 Å². The Bertz CT molecular complexity index is 616. The Hall–Kier alpha value is -2.01. The van der Waals surface area contributed by atoms with Crippen molar-refractivity contribution >= 4 is 17.2 Å². The molecular weight excluding hydrogens is 263 g/mol. The zero-order valence-corrected chi connectivity index (χ0v) is 11.2. The summed E-state index contributed by atoms with van der Waals surface area (Å²) >= 11 is 4.98. The fraction of sp³-hybridized carbons (Fsp3) is 0.143. The molecule has 0 saturated heterocycles. The number of benzene rings is 1. The fourth-order valence-corrected chi connectivity index (χ4v) is 1.95. The Labute approximate surface area is 116 Å². The molecule has 19 heavy (non-hydrogen) atoms. The van der Waals surface area contributed by atoms with E-state index in [-0.39, 0.29) is 17.4 Å². The maximum Gasteiger partial charge on any atom is 0.224 e. The van der Waals surface area contributed by atoms with Gasteiger partial charge in [0.25, 0.3) is 0 Å². The van der Waals surface area contributed by atoms with Crippen LogP contribution in [0.1, 0.15) is 16.7 Å². The van der Waals surface area contributed by atoms with Gasteiger partial charge in [0.05, 0.1) is 5.56 Å². The van der Waals surface area contributed by atoms with E-state index < -0.39 is 0 Å². The first-order chi connectivity index (χ1) is 9.09. The van der Waals surface area contributed by atoms with Gasteiger partial charge in [-0.1, -0.05) is 30.4 Å². The third-order valence-corrected chi connectivity index (χ3v) is 2.90. The molecule has 0 aliphatic rings. The summed E-state index contributed by atoms with van der Waals surface area (Å²) in [5.74, 6) is 0.0165. The predicted octanol–water partition coefficient (Wildman–Crippen LogP) is 2.74. The highest BCUT2D eigenvalue weighted by Gasteiger charge is 2.12. The summed E-state index contributed by atoms with van der Waals surface area (Å²) in [5.41, 5.74) is 7.58. The maximum absolute atomic E-state index is 13.5. The number of halogens is 1. The molecule has 1 heterocycles. The van der Waals surface area contributed by atoms with Crippen LogP contribution in [-0.4, -0.2) is 9.97 Å².